The van der Waals surface area contributed by atoms with Gasteiger partial charge in [-0.15, -0.1) is 0 Å². The van der Waals surface area contributed by atoms with Crippen molar-refractivity contribution in [1.82, 2.24) is 0 Å². The van der Waals surface area contributed by atoms with Crippen LogP contribution in [0.25, 0.3) is 10.8 Å². The van der Waals surface area contributed by atoms with Crippen molar-refractivity contribution in [3.63, 3.8) is 0 Å². The molecule has 0 nitrogen and oxygen atoms in total. The molecule has 114 valence electrons. The van der Waals surface area contributed by atoms with Gasteiger partial charge >= 0.3 is 0 Å². The molecule has 0 spiro atoms. The first-order valence-corrected chi connectivity index (χ1v) is 7.97. The topological polar surface area (TPSA) is 0 Å². The number of fused-ring (bicyclic) bond motifs is 1. The van der Waals surface area contributed by atoms with Crippen molar-refractivity contribution in [3.8, 4) is 11.8 Å². The molecule has 0 saturated carbocycles. The lowest BCUT2D eigenvalue weighted by molar-refractivity contribution is 0.631. The third-order valence-electron chi connectivity index (χ3n) is 3.99. The smallest absolute Gasteiger partial charge is 0.133 e. The van der Waals surface area contributed by atoms with Crippen LogP contribution < -0.4 is 0 Å². The molecule has 0 bridgehead atoms. The average Bonchev–Trinajstić information content (AvgIpc) is 2.58. The fourth-order valence-corrected chi connectivity index (χ4v) is 2.67. The second kappa shape index (κ2) is 6.67. The lowest BCUT2D eigenvalue weighted by Crippen LogP contribution is -1.86. The minimum atomic E-state index is -0.145. The fourth-order valence-electron chi connectivity index (χ4n) is 2.67. The molecule has 0 heterocycles. The highest BCUT2D eigenvalue weighted by atomic mass is 19.1. The highest BCUT2D eigenvalue weighted by Crippen LogP contribution is 2.21. The summed E-state index contributed by atoms with van der Waals surface area (Å²) in [6.07, 6.45) is 2.25. The summed E-state index contributed by atoms with van der Waals surface area (Å²) in [5.74, 6) is 6.20. The maximum absolute atomic E-state index is 14.0. The van der Waals surface area contributed by atoms with Crippen molar-refractivity contribution in [3.05, 3.63) is 82.7 Å². The molecule has 0 amide bonds. The number of hydrogen-bond donors (Lipinski definition) is 0. The van der Waals surface area contributed by atoms with Crippen LogP contribution in [-0.4, -0.2) is 0 Å². The zero-order chi connectivity index (χ0) is 16.2. The van der Waals surface area contributed by atoms with Gasteiger partial charge in [-0.25, -0.2) is 4.39 Å². The number of rotatable bonds is 2. The van der Waals surface area contributed by atoms with Gasteiger partial charge in [0.1, 0.15) is 5.82 Å². The Balaban J connectivity index is 1.89. The lowest BCUT2D eigenvalue weighted by atomic mass is 10.0. The number of halogens is 1. The van der Waals surface area contributed by atoms with Gasteiger partial charge in [-0.2, -0.15) is 0 Å². The Kier molecular flexibility index (Phi) is 4.44. The van der Waals surface area contributed by atoms with E-state index in [4.69, 9.17) is 0 Å². The molecule has 1 heteroatoms. The standard InChI is InChI=1S/C22H19F/c1-3-4-17-6-8-18(9-7-17)10-11-19-12-14-21-20(15-19)13-5-16(2)22(21)23/h5-9,12-15H,3-4H2,1-2H3. The summed E-state index contributed by atoms with van der Waals surface area (Å²) in [5, 5.41) is 1.54. The van der Waals surface area contributed by atoms with Gasteiger partial charge in [-0.05, 0) is 54.1 Å². The second-order valence-electron chi connectivity index (χ2n) is 5.83. The summed E-state index contributed by atoms with van der Waals surface area (Å²) in [5.41, 5.74) is 3.91. The number of hydrogen-bond acceptors (Lipinski definition) is 0. The number of benzene rings is 3. The molecule has 0 fully saturated rings. The van der Waals surface area contributed by atoms with E-state index in [2.05, 4.69) is 43.0 Å². The summed E-state index contributed by atoms with van der Waals surface area (Å²) in [6.45, 7) is 3.96. The molecule has 3 rings (SSSR count). The van der Waals surface area contributed by atoms with Crippen LogP contribution in [0, 0.1) is 24.6 Å². The molecule has 0 aliphatic heterocycles. The van der Waals surface area contributed by atoms with Gasteiger partial charge < -0.3 is 0 Å². The monoisotopic (exact) mass is 302 g/mol. The molecular formula is C22H19F. The molecule has 0 aliphatic rings. The third kappa shape index (κ3) is 3.43. The van der Waals surface area contributed by atoms with Crippen molar-refractivity contribution in [1.29, 1.82) is 0 Å². The van der Waals surface area contributed by atoms with E-state index in [0.717, 1.165) is 29.4 Å². The minimum Gasteiger partial charge on any atom is -0.206 e. The molecule has 0 atom stereocenters. The van der Waals surface area contributed by atoms with Crippen LogP contribution in [0.2, 0.25) is 0 Å². The summed E-state index contributed by atoms with van der Waals surface area (Å²) in [4.78, 5) is 0. The van der Waals surface area contributed by atoms with Gasteiger partial charge in [0, 0.05) is 16.5 Å². The first kappa shape index (κ1) is 15.3. The summed E-state index contributed by atoms with van der Waals surface area (Å²) >= 11 is 0. The Morgan fingerprint density at radius 1 is 0.870 bits per heavy atom. The Morgan fingerprint density at radius 3 is 2.30 bits per heavy atom. The summed E-state index contributed by atoms with van der Waals surface area (Å²) in [6, 6.07) is 17.8. The highest BCUT2D eigenvalue weighted by molar-refractivity contribution is 5.85. The van der Waals surface area contributed by atoms with Crippen LogP contribution in [0.1, 0.15) is 35.6 Å². The maximum atomic E-state index is 14.0. The third-order valence-corrected chi connectivity index (χ3v) is 3.99. The molecule has 3 aromatic rings. The zero-order valence-electron chi connectivity index (χ0n) is 13.5. The van der Waals surface area contributed by atoms with Crippen molar-refractivity contribution in [2.24, 2.45) is 0 Å². The largest absolute Gasteiger partial charge is 0.206 e. The molecular weight excluding hydrogens is 283 g/mol. The second-order valence-corrected chi connectivity index (χ2v) is 5.83. The molecule has 0 aromatic heterocycles. The molecule has 0 aliphatic carbocycles. The Bertz CT molecular complexity index is 893. The van der Waals surface area contributed by atoms with Crippen LogP contribution in [0.3, 0.4) is 0 Å². The van der Waals surface area contributed by atoms with Gasteiger partial charge in [0.15, 0.2) is 0 Å². The van der Waals surface area contributed by atoms with Crippen molar-refractivity contribution >= 4 is 10.8 Å². The van der Waals surface area contributed by atoms with E-state index in [1.165, 1.54) is 5.56 Å². The van der Waals surface area contributed by atoms with E-state index in [9.17, 15) is 4.39 Å². The van der Waals surface area contributed by atoms with E-state index in [-0.39, 0.29) is 5.82 Å². The van der Waals surface area contributed by atoms with E-state index < -0.39 is 0 Å². The van der Waals surface area contributed by atoms with Crippen LogP contribution >= 0.6 is 0 Å². The van der Waals surface area contributed by atoms with Crippen molar-refractivity contribution in [2.45, 2.75) is 26.7 Å². The van der Waals surface area contributed by atoms with Gasteiger partial charge in [0.2, 0.25) is 0 Å². The first-order valence-electron chi connectivity index (χ1n) is 7.97. The molecule has 0 N–H and O–H groups in total. The van der Waals surface area contributed by atoms with E-state index in [1.54, 1.807) is 13.0 Å². The van der Waals surface area contributed by atoms with Gasteiger partial charge in [0.25, 0.3) is 0 Å². The molecule has 0 saturated heterocycles. The van der Waals surface area contributed by atoms with E-state index in [1.807, 2.05) is 24.3 Å². The van der Waals surface area contributed by atoms with E-state index >= 15 is 0 Å². The first-order chi connectivity index (χ1) is 11.2. The minimum absolute atomic E-state index is 0.145. The SMILES string of the molecule is CCCc1ccc(C#Cc2ccc3c(F)c(C)ccc3c2)cc1. The summed E-state index contributed by atoms with van der Waals surface area (Å²) in [7, 11) is 0. The van der Waals surface area contributed by atoms with Gasteiger partial charge in [-0.1, -0.05) is 55.5 Å². The predicted molar refractivity (Wildman–Crippen MR) is 95.1 cm³/mol. The highest BCUT2D eigenvalue weighted by Gasteiger charge is 2.03. The van der Waals surface area contributed by atoms with Crippen LogP contribution in [0.5, 0.6) is 0 Å². The Labute approximate surface area is 137 Å². The maximum Gasteiger partial charge on any atom is 0.133 e. The zero-order valence-corrected chi connectivity index (χ0v) is 13.5. The Hall–Kier alpha value is -2.59. The van der Waals surface area contributed by atoms with Crippen LogP contribution in [0.15, 0.2) is 54.6 Å². The average molecular weight is 302 g/mol. The quantitative estimate of drug-likeness (QED) is 0.537. The lowest BCUT2D eigenvalue weighted by Gasteiger charge is -2.03. The van der Waals surface area contributed by atoms with Crippen molar-refractivity contribution in [2.75, 3.05) is 0 Å². The van der Waals surface area contributed by atoms with Crippen molar-refractivity contribution < 1.29 is 4.39 Å². The van der Waals surface area contributed by atoms with Gasteiger partial charge in [0.05, 0.1) is 0 Å². The van der Waals surface area contributed by atoms with E-state index in [0.29, 0.717) is 10.9 Å². The molecule has 0 radical (unpaired) electrons. The normalized spacial score (nSPS) is 10.4. The van der Waals surface area contributed by atoms with Crippen LogP contribution in [0.4, 0.5) is 4.39 Å². The predicted octanol–water partition coefficient (Wildman–Crippen LogP) is 5.64. The fraction of sp³-hybridized carbons (Fsp3) is 0.182. The molecule has 0 unspecified atom stereocenters. The van der Waals surface area contributed by atoms with Gasteiger partial charge in [-0.3, -0.25) is 0 Å². The molecule has 3 aromatic carbocycles. The number of aryl methyl sites for hydroxylation is 2. The molecule has 23 heavy (non-hydrogen) atoms. The summed E-state index contributed by atoms with van der Waals surface area (Å²) < 4.78 is 14.0. The Morgan fingerprint density at radius 2 is 1.57 bits per heavy atom. The van der Waals surface area contributed by atoms with Crippen LogP contribution in [-0.2, 0) is 6.42 Å².